The minimum atomic E-state index is 0. The van der Waals surface area contributed by atoms with Gasteiger partial charge in [-0.05, 0) is 24.6 Å². The van der Waals surface area contributed by atoms with Gasteiger partial charge in [-0.25, -0.2) is 4.98 Å². The van der Waals surface area contributed by atoms with Crippen molar-refractivity contribution in [1.29, 1.82) is 0 Å². The van der Waals surface area contributed by atoms with Gasteiger partial charge in [-0.3, -0.25) is 0 Å². The number of hydrogen-bond donors (Lipinski definition) is 0. The van der Waals surface area contributed by atoms with Crippen molar-refractivity contribution in [1.82, 2.24) is 9.55 Å². The number of aromatic nitrogens is 2. The Labute approximate surface area is 129 Å². The van der Waals surface area contributed by atoms with E-state index in [-0.39, 0.29) is 12.4 Å². The minimum absolute atomic E-state index is 0. The monoisotopic (exact) mass is 306 g/mol. The summed E-state index contributed by atoms with van der Waals surface area (Å²) in [6.07, 6.45) is 0. The lowest BCUT2D eigenvalue weighted by atomic mass is 10.1. The SMILES string of the molecule is Cc1ccc(Cn2c(CCl)nc3ccccc32)cc1.Cl. The molecular weight excluding hydrogens is 291 g/mol. The Kier molecular flexibility index (Phi) is 4.69. The largest absolute Gasteiger partial charge is 0.322 e. The third-order valence-corrected chi connectivity index (χ3v) is 3.55. The molecule has 1 heterocycles. The molecule has 2 aromatic carbocycles. The second-order valence-corrected chi connectivity index (χ2v) is 4.99. The summed E-state index contributed by atoms with van der Waals surface area (Å²) >= 11 is 6.01. The normalized spacial score (nSPS) is 10.5. The lowest BCUT2D eigenvalue weighted by Gasteiger charge is -2.08. The van der Waals surface area contributed by atoms with E-state index in [1.807, 2.05) is 18.2 Å². The molecule has 3 aromatic rings. The predicted octanol–water partition coefficient (Wildman–Crippen LogP) is 4.55. The Bertz CT molecular complexity index is 702. The fourth-order valence-corrected chi connectivity index (χ4v) is 2.48. The molecule has 104 valence electrons. The van der Waals surface area contributed by atoms with E-state index >= 15 is 0 Å². The molecule has 0 aliphatic heterocycles. The standard InChI is InChI=1S/C16H15ClN2.ClH/c1-12-6-8-13(9-7-12)11-19-15-5-3-2-4-14(15)18-16(19)10-17;/h2-9H,10-11H2,1H3;1H. The van der Waals surface area contributed by atoms with E-state index in [4.69, 9.17) is 11.6 Å². The van der Waals surface area contributed by atoms with Crippen molar-refractivity contribution in [3.8, 4) is 0 Å². The molecular formula is C16H16Cl2N2. The third kappa shape index (κ3) is 2.82. The maximum atomic E-state index is 6.01. The fraction of sp³-hybridized carbons (Fsp3) is 0.188. The second-order valence-electron chi connectivity index (χ2n) is 4.72. The number of rotatable bonds is 3. The molecule has 0 aliphatic rings. The van der Waals surface area contributed by atoms with Crippen molar-refractivity contribution >= 4 is 35.0 Å². The first-order valence-corrected chi connectivity index (χ1v) is 6.87. The Hall–Kier alpha value is -1.51. The summed E-state index contributed by atoms with van der Waals surface area (Å²) in [5, 5.41) is 0. The fourth-order valence-electron chi connectivity index (χ4n) is 2.28. The minimum Gasteiger partial charge on any atom is -0.322 e. The highest BCUT2D eigenvalue weighted by Gasteiger charge is 2.09. The van der Waals surface area contributed by atoms with E-state index in [9.17, 15) is 0 Å². The van der Waals surface area contributed by atoms with Crippen molar-refractivity contribution in [3.63, 3.8) is 0 Å². The van der Waals surface area contributed by atoms with Crippen molar-refractivity contribution in [2.45, 2.75) is 19.3 Å². The molecule has 0 fully saturated rings. The van der Waals surface area contributed by atoms with Gasteiger partial charge in [-0.2, -0.15) is 0 Å². The van der Waals surface area contributed by atoms with Gasteiger partial charge in [0.25, 0.3) is 0 Å². The van der Waals surface area contributed by atoms with Crippen LogP contribution in [0.5, 0.6) is 0 Å². The van der Waals surface area contributed by atoms with Crippen LogP contribution in [0.3, 0.4) is 0 Å². The highest BCUT2D eigenvalue weighted by Crippen LogP contribution is 2.19. The molecule has 1 aromatic heterocycles. The first kappa shape index (κ1) is 14.9. The average Bonchev–Trinajstić information content (AvgIpc) is 2.79. The first-order valence-electron chi connectivity index (χ1n) is 6.33. The summed E-state index contributed by atoms with van der Waals surface area (Å²) in [5.74, 6) is 1.35. The van der Waals surface area contributed by atoms with Crippen LogP contribution in [0.25, 0.3) is 11.0 Å². The van der Waals surface area contributed by atoms with E-state index in [0.717, 1.165) is 23.4 Å². The molecule has 0 spiro atoms. The van der Waals surface area contributed by atoms with Gasteiger partial charge in [0.05, 0.1) is 16.9 Å². The molecule has 2 nitrogen and oxygen atoms in total. The molecule has 4 heteroatoms. The third-order valence-electron chi connectivity index (χ3n) is 3.31. The van der Waals surface area contributed by atoms with Crippen LogP contribution in [0, 0.1) is 6.92 Å². The predicted molar refractivity (Wildman–Crippen MR) is 86.8 cm³/mol. The van der Waals surface area contributed by atoms with Gasteiger partial charge in [-0.15, -0.1) is 24.0 Å². The zero-order valence-electron chi connectivity index (χ0n) is 11.2. The summed E-state index contributed by atoms with van der Waals surface area (Å²) in [7, 11) is 0. The first-order chi connectivity index (χ1) is 9.28. The number of fused-ring (bicyclic) bond motifs is 1. The van der Waals surface area contributed by atoms with Gasteiger partial charge >= 0.3 is 0 Å². The lowest BCUT2D eigenvalue weighted by molar-refractivity contribution is 0.778. The number of halogens is 2. The highest BCUT2D eigenvalue weighted by molar-refractivity contribution is 6.16. The Morgan fingerprint density at radius 3 is 2.45 bits per heavy atom. The number of imidazole rings is 1. The quantitative estimate of drug-likeness (QED) is 0.649. The number of alkyl halides is 1. The maximum Gasteiger partial charge on any atom is 0.125 e. The molecule has 0 aliphatic carbocycles. The van der Waals surface area contributed by atoms with Crippen molar-refractivity contribution in [3.05, 3.63) is 65.5 Å². The molecule has 0 saturated heterocycles. The van der Waals surface area contributed by atoms with Crippen LogP contribution < -0.4 is 0 Å². The molecule has 20 heavy (non-hydrogen) atoms. The van der Waals surface area contributed by atoms with Gasteiger partial charge in [0.1, 0.15) is 5.82 Å². The smallest absolute Gasteiger partial charge is 0.125 e. The van der Waals surface area contributed by atoms with E-state index in [0.29, 0.717) is 5.88 Å². The van der Waals surface area contributed by atoms with Crippen LogP contribution in [0.2, 0.25) is 0 Å². The van der Waals surface area contributed by atoms with Gasteiger partial charge < -0.3 is 4.57 Å². The molecule has 3 rings (SSSR count). The van der Waals surface area contributed by atoms with Crippen LogP contribution >= 0.6 is 24.0 Å². The molecule has 0 atom stereocenters. The molecule has 0 saturated carbocycles. The summed E-state index contributed by atoms with van der Waals surface area (Å²) in [6.45, 7) is 2.91. The Balaban J connectivity index is 0.00000147. The van der Waals surface area contributed by atoms with E-state index in [1.54, 1.807) is 0 Å². The summed E-state index contributed by atoms with van der Waals surface area (Å²) in [6, 6.07) is 16.7. The van der Waals surface area contributed by atoms with Crippen LogP contribution in [0.4, 0.5) is 0 Å². The van der Waals surface area contributed by atoms with Crippen LogP contribution in [-0.2, 0) is 12.4 Å². The van der Waals surface area contributed by atoms with E-state index in [2.05, 4.69) is 46.8 Å². The summed E-state index contributed by atoms with van der Waals surface area (Å²) in [5.41, 5.74) is 4.68. The topological polar surface area (TPSA) is 17.8 Å². The number of nitrogens with zero attached hydrogens (tertiary/aromatic N) is 2. The van der Waals surface area contributed by atoms with Gasteiger partial charge in [0, 0.05) is 6.54 Å². The summed E-state index contributed by atoms with van der Waals surface area (Å²) < 4.78 is 2.19. The van der Waals surface area contributed by atoms with Crippen LogP contribution in [0.15, 0.2) is 48.5 Å². The number of para-hydroxylation sites is 2. The van der Waals surface area contributed by atoms with Crippen LogP contribution in [-0.4, -0.2) is 9.55 Å². The van der Waals surface area contributed by atoms with E-state index < -0.39 is 0 Å². The summed E-state index contributed by atoms with van der Waals surface area (Å²) in [4.78, 5) is 4.58. The van der Waals surface area contributed by atoms with Gasteiger partial charge in [-0.1, -0.05) is 42.0 Å². The number of benzene rings is 2. The van der Waals surface area contributed by atoms with Gasteiger partial charge in [0.2, 0.25) is 0 Å². The molecule has 0 bridgehead atoms. The molecule has 0 unspecified atom stereocenters. The van der Waals surface area contributed by atoms with Crippen molar-refractivity contribution < 1.29 is 0 Å². The zero-order chi connectivity index (χ0) is 13.2. The van der Waals surface area contributed by atoms with Crippen molar-refractivity contribution in [2.24, 2.45) is 0 Å². The highest BCUT2D eigenvalue weighted by atomic mass is 35.5. The average molecular weight is 307 g/mol. The van der Waals surface area contributed by atoms with Crippen LogP contribution in [0.1, 0.15) is 17.0 Å². The number of hydrogen-bond acceptors (Lipinski definition) is 1. The zero-order valence-corrected chi connectivity index (χ0v) is 12.8. The van der Waals surface area contributed by atoms with E-state index in [1.165, 1.54) is 11.1 Å². The molecule has 0 amide bonds. The number of aryl methyl sites for hydroxylation is 1. The maximum absolute atomic E-state index is 6.01. The second kappa shape index (κ2) is 6.29. The molecule has 0 radical (unpaired) electrons. The van der Waals surface area contributed by atoms with Gasteiger partial charge in [0.15, 0.2) is 0 Å². The Morgan fingerprint density at radius 1 is 1.05 bits per heavy atom. The Morgan fingerprint density at radius 2 is 1.75 bits per heavy atom. The molecule has 0 N–H and O–H groups in total. The van der Waals surface area contributed by atoms with Crippen molar-refractivity contribution in [2.75, 3.05) is 0 Å². The lowest BCUT2D eigenvalue weighted by Crippen LogP contribution is -2.03.